The zero-order valence-corrected chi connectivity index (χ0v) is 18.5. The molecule has 0 radical (unpaired) electrons. The van der Waals surface area contributed by atoms with Crippen LogP contribution in [0, 0.1) is 24.4 Å². The van der Waals surface area contributed by atoms with Gasteiger partial charge in [0.2, 0.25) is 0 Å². The van der Waals surface area contributed by atoms with Crippen LogP contribution in [-0.4, -0.2) is 18.0 Å². The Bertz CT molecular complexity index is 1520. The summed E-state index contributed by atoms with van der Waals surface area (Å²) >= 11 is 0. The number of nitrogens with one attached hydrogen (secondary N) is 1. The third-order valence-electron chi connectivity index (χ3n) is 5.35. The molecule has 6 nitrogen and oxygen atoms in total. The lowest BCUT2D eigenvalue weighted by atomic mass is 10.0. The Morgan fingerprint density at radius 2 is 1.66 bits per heavy atom. The lowest BCUT2D eigenvalue weighted by Gasteiger charge is -2.15. The van der Waals surface area contributed by atoms with Crippen LogP contribution in [-0.2, 0) is 9.53 Å². The van der Waals surface area contributed by atoms with Gasteiger partial charge in [0.25, 0.3) is 5.91 Å². The van der Waals surface area contributed by atoms with E-state index in [1.165, 1.54) is 25.1 Å². The van der Waals surface area contributed by atoms with E-state index < -0.39 is 41.1 Å². The highest BCUT2D eigenvalue weighted by Gasteiger charge is 2.24. The van der Waals surface area contributed by atoms with Crippen molar-refractivity contribution in [1.29, 1.82) is 0 Å². The van der Waals surface area contributed by atoms with E-state index in [1.54, 1.807) is 37.3 Å². The van der Waals surface area contributed by atoms with Crippen molar-refractivity contribution in [3.8, 4) is 11.3 Å². The van der Waals surface area contributed by atoms with Crippen LogP contribution in [0.15, 0.2) is 69.9 Å². The molecular formula is C26H18F3NO5. The molecule has 0 saturated heterocycles. The average molecular weight is 481 g/mol. The lowest BCUT2D eigenvalue weighted by Crippen LogP contribution is -2.30. The van der Waals surface area contributed by atoms with Gasteiger partial charge in [-0.05, 0) is 38.1 Å². The third kappa shape index (κ3) is 4.52. The molecule has 0 aliphatic rings. The van der Waals surface area contributed by atoms with E-state index in [-0.39, 0.29) is 27.7 Å². The fourth-order valence-electron chi connectivity index (χ4n) is 3.47. The number of hydrogen-bond acceptors (Lipinski definition) is 5. The molecule has 0 aliphatic carbocycles. The Labute approximate surface area is 197 Å². The van der Waals surface area contributed by atoms with Crippen LogP contribution in [0.3, 0.4) is 0 Å². The second kappa shape index (κ2) is 9.46. The molecule has 35 heavy (non-hydrogen) atoms. The molecule has 0 bridgehead atoms. The minimum atomic E-state index is -1.75. The summed E-state index contributed by atoms with van der Waals surface area (Å²) in [6.07, 6.45) is -1.45. The first-order valence-corrected chi connectivity index (χ1v) is 10.5. The van der Waals surface area contributed by atoms with Crippen LogP contribution >= 0.6 is 0 Å². The molecule has 1 N–H and O–H groups in total. The van der Waals surface area contributed by atoms with E-state index in [9.17, 15) is 27.6 Å². The zero-order valence-electron chi connectivity index (χ0n) is 18.5. The number of fused-ring (bicyclic) bond motifs is 1. The summed E-state index contributed by atoms with van der Waals surface area (Å²) in [4.78, 5) is 38.2. The monoisotopic (exact) mass is 481 g/mol. The minimum absolute atomic E-state index is 0.0220. The molecule has 1 atom stereocenters. The normalized spacial score (nSPS) is 11.8. The second-order valence-electron chi connectivity index (χ2n) is 7.69. The molecule has 178 valence electrons. The van der Waals surface area contributed by atoms with Crippen LogP contribution in [0.1, 0.15) is 22.8 Å². The van der Waals surface area contributed by atoms with Gasteiger partial charge in [-0.15, -0.1) is 0 Å². The Morgan fingerprint density at radius 3 is 2.37 bits per heavy atom. The number of carbonyl (C=O) groups is 2. The lowest BCUT2D eigenvalue weighted by molar-refractivity contribution is -0.123. The molecular weight excluding hydrogens is 463 g/mol. The fourth-order valence-corrected chi connectivity index (χ4v) is 3.47. The van der Waals surface area contributed by atoms with Crippen molar-refractivity contribution in [3.63, 3.8) is 0 Å². The van der Waals surface area contributed by atoms with Gasteiger partial charge in [-0.25, -0.2) is 18.0 Å². The number of carbonyl (C=O) groups excluding carboxylic acids is 2. The molecule has 1 heterocycles. The Morgan fingerprint density at radius 1 is 0.943 bits per heavy atom. The predicted molar refractivity (Wildman–Crippen MR) is 122 cm³/mol. The highest BCUT2D eigenvalue weighted by atomic mass is 19.2. The van der Waals surface area contributed by atoms with E-state index in [0.29, 0.717) is 17.2 Å². The molecule has 0 spiro atoms. The van der Waals surface area contributed by atoms with Gasteiger partial charge in [0.05, 0.1) is 11.1 Å². The van der Waals surface area contributed by atoms with Crippen molar-refractivity contribution < 1.29 is 31.9 Å². The number of anilines is 1. The van der Waals surface area contributed by atoms with Gasteiger partial charge in [0.15, 0.2) is 34.6 Å². The third-order valence-corrected chi connectivity index (χ3v) is 5.35. The molecule has 3 aromatic carbocycles. The second-order valence-corrected chi connectivity index (χ2v) is 7.69. The molecule has 0 unspecified atom stereocenters. The maximum Gasteiger partial charge on any atom is 0.342 e. The van der Waals surface area contributed by atoms with Gasteiger partial charge in [-0.2, -0.15) is 0 Å². The SMILES string of the molecule is Cc1c(-c2ccccc2)oc2c(C(=O)O[C@H](C)C(=O)Nc3ccc(F)c(F)c3F)cccc2c1=O. The number of rotatable bonds is 5. The van der Waals surface area contributed by atoms with Crippen LogP contribution in [0.2, 0.25) is 0 Å². The van der Waals surface area contributed by atoms with E-state index in [1.807, 2.05) is 5.32 Å². The molecule has 9 heteroatoms. The minimum Gasteiger partial charge on any atom is -0.455 e. The van der Waals surface area contributed by atoms with Gasteiger partial charge in [-0.1, -0.05) is 36.4 Å². The first-order valence-electron chi connectivity index (χ1n) is 10.5. The smallest absolute Gasteiger partial charge is 0.342 e. The van der Waals surface area contributed by atoms with Crippen molar-refractivity contribution in [2.24, 2.45) is 0 Å². The summed E-state index contributed by atoms with van der Waals surface area (Å²) in [6, 6.07) is 14.7. The molecule has 0 fully saturated rings. The van der Waals surface area contributed by atoms with Crippen molar-refractivity contribution >= 4 is 28.5 Å². The molecule has 0 saturated carbocycles. The summed E-state index contributed by atoms with van der Waals surface area (Å²) in [5, 5.41) is 2.20. The predicted octanol–water partition coefficient (Wildman–Crippen LogP) is 5.37. The standard InChI is InChI=1S/C26H18F3NO5/c1-13-22(31)16-9-6-10-17(24(16)35-23(13)15-7-4-3-5-8-15)26(33)34-14(2)25(32)30-19-12-11-18(27)20(28)21(19)29/h3-12,14H,1-2H3,(H,30,32)/t14-/m1/s1. The van der Waals surface area contributed by atoms with Crippen LogP contribution in [0.4, 0.5) is 18.9 Å². The summed E-state index contributed by atoms with van der Waals surface area (Å²) < 4.78 is 51.5. The van der Waals surface area contributed by atoms with Crippen molar-refractivity contribution in [3.05, 3.63) is 99.5 Å². The average Bonchev–Trinajstić information content (AvgIpc) is 2.86. The van der Waals surface area contributed by atoms with Crippen molar-refractivity contribution in [2.75, 3.05) is 5.32 Å². The summed E-state index contributed by atoms with van der Waals surface area (Å²) in [5.74, 6) is -6.43. The number of ether oxygens (including phenoxy) is 1. The Hall–Kier alpha value is -4.40. The van der Waals surface area contributed by atoms with Gasteiger partial charge in [0, 0.05) is 11.1 Å². The molecule has 1 aromatic heterocycles. The van der Waals surface area contributed by atoms with Crippen molar-refractivity contribution in [1.82, 2.24) is 0 Å². The first kappa shape index (κ1) is 23.7. The summed E-state index contributed by atoms with van der Waals surface area (Å²) in [6.45, 7) is 2.83. The molecule has 4 aromatic rings. The van der Waals surface area contributed by atoms with E-state index in [0.717, 1.165) is 6.07 Å². The largest absolute Gasteiger partial charge is 0.455 e. The number of benzene rings is 3. The van der Waals surface area contributed by atoms with Gasteiger partial charge in [0.1, 0.15) is 11.3 Å². The van der Waals surface area contributed by atoms with Crippen LogP contribution < -0.4 is 10.7 Å². The quantitative estimate of drug-likeness (QED) is 0.306. The van der Waals surface area contributed by atoms with Crippen molar-refractivity contribution in [2.45, 2.75) is 20.0 Å². The molecule has 0 aliphatic heterocycles. The van der Waals surface area contributed by atoms with Crippen LogP contribution in [0.5, 0.6) is 0 Å². The maximum absolute atomic E-state index is 13.9. The van der Waals surface area contributed by atoms with E-state index in [2.05, 4.69) is 0 Å². The van der Waals surface area contributed by atoms with Gasteiger partial charge < -0.3 is 14.5 Å². The number of hydrogen-bond donors (Lipinski definition) is 1. The molecule has 4 rings (SSSR count). The van der Waals surface area contributed by atoms with E-state index >= 15 is 0 Å². The Kier molecular flexibility index (Phi) is 6.42. The number of para-hydroxylation sites is 1. The van der Waals surface area contributed by atoms with Gasteiger partial charge >= 0.3 is 5.97 Å². The topological polar surface area (TPSA) is 85.6 Å². The van der Waals surface area contributed by atoms with E-state index in [4.69, 9.17) is 9.15 Å². The maximum atomic E-state index is 13.9. The van der Waals surface area contributed by atoms with Crippen LogP contribution in [0.25, 0.3) is 22.3 Å². The highest BCUT2D eigenvalue weighted by molar-refractivity contribution is 6.04. The molecule has 1 amide bonds. The number of amides is 1. The fraction of sp³-hybridized carbons (Fsp3) is 0.115. The number of halogens is 3. The highest BCUT2D eigenvalue weighted by Crippen LogP contribution is 2.28. The summed E-state index contributed by atoms with van der Waals surface area (Å²) in [5.41, 5.74) is -0.0825. The zero-order chi connectivity index (χ0) is 25.3. The summed E-state index contributed by atoms with van der Waals surface area (Å²) in [7, 11) is 0. The Balaban J connectivity index is 1.64. The number of esters is 1. The first-order chi connectivity index (χ1) is 16.7. The van der Waals surface area contributed by atoms with Gasteiger partial charge in [-0.3, -0.25) is 9.59 Å².